The summed E-state index contributed by atoms with van der Waals surface area (Å²) in [6, 6.07) is 7.98. The Morgan fingerprint density at radius 2 is 1.70 bits per heavy atom. The molecule has 3 rings (SSSR count). The first-order chi connectivity index (χ1) is 10.5. The molecule has 0 saturated carbocycles. The van der Waals surface area contributed by atoms with Crippen LogP contribution < -0.4 is 10.4 Å². The van der Waals surface area contributed by atoms with E-state index in [0.717, 1.165) is 11.2 Å². The van der Waals surface area contributed by atoms with Crippen molar-refractivity contribution in [2.45, 2.75) is 45.8 Å². The van der Waals surface area contributed by atoms with Crippen LogP contribution in [0.3, 0.4) is 0 Å². The summed E-state index contributed by atoms with van der Waals surface area (Å²) in [6.45, 7) is 11.0. The molecule has 6 heteroatoms. The first kappa shape index (κ1) is 16.3. The van der Waals surface area contributed by atoms with Crippen molar-refractivity contribution in [2.24, 2.45) is 5.41 Å². The molecular formula is C17H24BNO4. The zero-order valence-corrected chi connectivity index (χ0v) is 14.4. The number of carboxylic acid groups (broad SMARTS) is 1. The Balaban J connectivity index is 1.77. The van der Waals surface area contributed by atoms with Gasteiger partial charge in [0.1, 0.15) is 0 Å². The van der Waals surface area contributed by atoms with Gasteiger partial charge in [-0.05, 0) is 52.2 Å². The lowest BCUT2D eigenvalue weighted by Crippen LogP contribution is -2.59. The minimum absolute atomic E-state index is 0.369. The largest absolute Gasteiger partial charge is 0.494 e. The number of anilines is 1. The number of hydrogen-bond acceptors (Lipinski definition) is 4. The number of carboxylic acids is 1. The second-order valence-electron chi connectivity index (χ2n) is 7.91. The Morgan fingerprint density at radius 3 is 2.22 bits per heavy atom. The van der Waals surface area contributed by atoms with Gasteiger partial charge in [0.05, 0.1) is 16.6 Å². The Kier molecular flexibility index (Phi) is 3.54. The highest BCUT2D eigenvalue weighted by Gasteiger charge is 2.52. The lowest BCUT2D eigenvalue weighted by molar-refractivity contribution is -0.149. The van der Waals surface area contributed by atoms with Gasteiger partial charge in [-0.2, -0.15) is 0 Å². The highest BCUT2D eigenvalue weighted by molar-refractivity contribution is 6.62. The molecule has 2 heterocycles. The summed E-state index contributed by atoms with van der Waals surface area (Å²) in [4.78, 5) is 13.3. The van der Waals surface area contributed by atoms with Gasteiger partial charge in [0.15, 0.2) is 0 Å². The predicted octanol–water partition coefficient (Wildman–Crippen LogP) is 1.90. The van der Waals surface area contributed by atoms with Crippen molar-refractivity contribution in [1.82, 2.24) is 0 Å². The Morgan fingerprint density at radius 1 is 1.13 bits per heavy atom. The molecular weight excluding hydrogens is 293 g/mol. The van der Waals surface area contributed by atoms with E-state index < -0.39 is 18.5 Å². The van der Waals surface area contributed by atoms with E-state index in [1.165, 1.54) is 0 Å². The molecule has 0 radical (unpaired) electrons. The van der Waals surface area contributed by atoms with Gasteiger partial charge in [0.2, 0.25) is 0 Å². The highest BCUT2D eigenvalue weighted by Crippen LogP contribution is 2.37. The van der Waals surface area contributed by atoms with Gasteiger partial charge >= 0.3 is 13.1 Å². The quantitative estimate of drug-likeness (QED) is 0.863. The Hall–Kier alpha value is -1.53. The van der Waals surface area contributed by atoms with Gasteiger partial charge in [-0.25, -0.2) is 0 Å². The molecule has 2 saturated heterocycles. The van der Waals surface area contributed by atoms with Crippen LogP contribution in [0.1, 0.15) is 34.6 Å². The summed E-state index contributed by atoms with van der Waals surface area (Å²) in [5.74, 6) is -0.740. The van der Waals surface area contributed by atoms with Crippen LogP contribution >= 0.6 is 0 Å². The predicted molar refractivity (Wildman–Crippen MR) is 90.1 cm³/mol. The number of hydrogen-bond donors (Lipinski definition) is 1. The van der Waals surface area contributed by atoms with E-state index in [0.29, 0.717) is 13.1 Å². The monoisotopic (exact) mass is 317 g/mol. The van der Waals surface area contributed by atoms with E-state index in [-0.39, 0.29) is 11.2 Å². The van der Waals surface area contributed by atoms with Crippen LogP contribution in [0.4, 0.5) is 5.69 Å². The van der Waals surface area contributed by atoms with Crippen molar-refractivity contribution in [3.05, 3.63) is 24.3 Å². The van der Waals surface area contributed by atoms with Crippen LogP contribution in [0.5, 0.6) is 0 Å². The maximum Gasteiger partial charge on any atom is 0.494 e. The van der Waals surface area contributed by atoms with Gasteiger partial charge in [0.25, 0.3) is 0 Å². The Bertz CT molecular complexity index is 621. The summed E-state index contributed by atoms with van der Waals surface area (Å²) in [6.07, 6.45) is 0. The molecule has 0 amide bonds. The molecule has 1 N–H and O–H groups in total. The lowest BCUT2D eigenvalue weighted by Gasteiger charge is -2.46. The molecule has 0 bridgehead atoms. The fourth-order valence-corrected chi connectivity index (χ4v) is 2.96. The summed E-state index contributed by atoms with van der Waals surface area (Å²) >= 11 is 0. The van der Waals surface area contributed by atoms with E-state index in [1.54, 1.807) is 6.92 Å². The third kappa shape index (κ3) is 2.64. The highest BCUT2D eigenvalue weighted by atomic mass is 16.7. The fourth-order valence-electron chi connectivity index (χ4n) is 2.96. The van der Waals surface area contributed by atoms with Crippen LogP contribution in [0.25, 0.3) is 0 Å². The average Bonchev–Trinajstić information content (AvgIpc) is 2.64. The third-order valence-electron chi connectivity index (χ3n) is 5.36. The van der Waals surface area contributed by atoms with Crippen molar-refractivity contribution >= 4 is 24.2 Å². The molecule has 0 unspecified atom stereocenters. The van der Waals surface area contributed by atoms with Crippen molar-refractivity contribution in [1.29, 1.82) is 0 Å². The molecule has 0 spiro atoms. The normalized spacial score (nSPS) is 24.4. The summed E-state index contributed by atoms with van der Waals surface area (Å²) < 4.78 is 12.2. The van der Waals surface area contributed by atoms with Crippen LogP contribution in [0, 0.1) is 5.41 Å². The summed E-state index contributed by atoms with van der Waals surface area (Å²) in [7, 11) is -0.396. The number of carbonyl (C=O) groups is 1. The second-order valence-corrected chi connectivity index (χ2v) is 7.91. The van der Waals surface area contributed by atoms with E-state index in [4.69, 9.17) is 9.31 Å². The van der Waals surface area contributed by atoms with E-state index >= 15 is 0 Å². The number of benzene rings is 1. The molecule has 5 nitrogen and oxygen atoms in total. The molecule has 0 atom stereocenters. The van der Waals surface area contributed by atoms with Crippen LogP contribution in [0.2, 0.25) is 0 Å². The maximum atomic E-state index is 11.2. The summed E-state index contributed by atoms with van der Waals surface area (Å²) in [5.41, 5.74) is 0.583. The van der Waals surface area contributed by atoms with Gasteiger partial charge < -0.3 is 19.3 Å². The van der Waals surface area contributed by atoms with Gasteiger partial charge in [-0.3, -0.25) is 4.79 Å². The van der Waals surface area contributed by atoms with E-state index in [1.807, 2.05) is 52.0 Å². The maximum absolute atomic E-state index is 11.2. The van der Waals surface area contributed by atoms with E-state index in [2.05, 4.69) is 4.90 Å². The SMILES string of the molecule is CC1(C(=O)O)CN(c2cccc(B3OC(C)(C)C(C)(C)O3)c2)C1. The van der Waals surface area contributed by atoms with Crippen LogP contribution in [0.15, 0.2) is 24.3 Å². The van der Waals surface area contributed by atoms with E-state index in [9.17, 15) is 9.90 Å². The minimum atomic E-state index is -0.740. The molecule has 2 aliphatic rings. The van der Waals surface area contributed by atoms with Crippen molar-refractivity contribution in [3.63, 3.8) is 0 Å². The zero-order chi connectivity index (χ0) is 17.0. The van der Waals surface area contributed by atoms with Crippen LogP contribution in [-0.2, 0) is 14.1 Å². The fraction of sp³-hybridized carbons (Fsp3) is 0.588. The number of aliphatic carboxylic acids is 1. The third-order valence-corrected chi connectivity index (χ3v) is 5.36. The summed E-state index contributed by atoms with van der Waals surface area (Å²) in [5, 5.41) is 9.23. The van der Waals surface area contributed by atoms with Crippen LogP contribution in [-0.4, -0.2) is 42.5 Å². The van der Waals surface area contributed by atoms with Crippen molar-refractivity contribution in [2.75, 3.05) is 18.0 Å². The molecule has 0 aliphatic carbocycles. The van der Waals surface area contributed by atoms with Gasteiger partial charge in [0, 0.05) is 18.8 Å². The number of nitrogens with zero attached hydrogens (tertiary/aromatic N) is 1. The first-order valence-electron chi connectivity index (χ1n) is 7.98. The molecule has 0 aromatic heterocycles. The molecule has 2 aliphatic heterocycles. The average molecular weight is 317 g/mol. The number of rotatable bonds is 3. The second kappa shape index (κ2) is 4.98. The smallest absolute Gasteiger partial charge is 0.481 e. The first-order valence-corrected chi connectivity index (χ1v) is 7.98. The molecule has 2 fully saturated rings. The zero-order valence-electron chi connectivity index (χ0n) is 14.4. The van der Waals surface area contributed by atoms with Crippen molar-refractivity contribution < 1.29 is 19.2 Å². The molecule has 23 heavy (non-hydrogen) atoms. The standard InChI is InChI=1S/C17H24BNO4/c1-15(2)16(3,4)23-18(22-15)12-7-6-8-13(9-12)19-10-17(5,11-19)14(20)21/h6-9H,10-11H2,1-5H3,(H,20,21). The Labute approximate surface area is 137 Å². The molecule has 1 aromatic rings. The lowest BCUT2D eigenvalue weighted by atomic mass is 9.77. The van der Waals surface area contributed by atoms with Gasteiger partial charge in [-0.15, -0.1) is 0 Å². The minimum Gasteiger partial charge on any atom is -0.481 e. The van der Waals surface area contributed by atoms with Crippen molar-refractivity contribution in [3.8, 4) is 0 Å². The van der Waals surface area contributed by atoms with Gasteiger partial charge in [-0.1, -0.05) is 12.1 Å². The topological polar surface area (TPSA) is 59.0 Å². The molecule has 124 valence electrons. The molecule has 1 aromatic carbocycles.